The van der Waals surface area contributed by atoms with E-state index in [1.807, 2.05) is 7.05 Å². The van der Waals surface area contributed by atoms with E-state index in [0.29, 0.717) is 0 Å². The molecule has 2 heteroatoms. The summed E-state index contributed by atoms with van der Waals surface area (Å²) in [5, 5.41) is 3.23. The molecule has 2 aliphatic carbocycles. The molecular formula is C10H20N2. The van der Waals surface area contributed by atoms with E-state index in [2.05, 4.69) is 10.2 Å². The molecule has 0 spiro atoms. The maximum absolute atomic E-state index is 3.23. The molecule has 0 radical (unpaired) electrons. The zero-order valence-corrected chi connectivity index (χ0v) is 8.05. The van der Waals surface area contributed by atoms with E-state index in [4.69, 9.17) is 0 Å². The normalized spacial score (nSPS) is 23.5. The van der Waals surface area contributed by atoms with Crippen LogP contribution in [0.2, 0.25) is 0 Å². The van der Waals surface area contributed by atoms with Gasteiger partial charge in [0.25, 0.3) is 0 Å². The molecule has 0 bridgehead atoms. The molecule has 0 heterocycles. The van der Waals surface area contributed by atoms with Gasteiger partial charge in [0.1, 0.15) is 0 Å². The van der Waals surface area contributed by atoms with Gasteiger partial charge in [-0.25, -0.2) is 0 Å². The van der Waals surface area contributed by atoms with E-state index < -0.39 is 0 Å². The Labute approximate surface area is 75.3 Å². The second kappa shape index (κ2) is 3.75. The molecule has 0 unspecified atom stereocenters. The zero-order valence-electron chi connectivity index (χ0n) is 8.05. The van der Waals surface area contributed by atoms with Crippen LogP contribution in [0.25, 0.3) is 0 Å². The lowest BCUT2D eigenvalue weighted by Gasteiger charge is -2.21. The van der Waals surface area contributed by atoms with Crippen molar-refractivity contribution in [2.45, 2.75) is 31.7 Å². The summed E-state index contributed by atoms with van der Waals surface area (Å²) in [4.78, 5) is 2.69. The molecule has 0 saturated heterocycles. The van der Waals surface area contributed by atoms with Crippen LogP contribution in [0.4, 0.5) is 0 Å². The lowest BCUT2D eigenvalue weighted by molar-refractivity contribution is 0.254. The molecule has 2 aliphatic rings. The molecule has 0 amide bonds. The lowest BCUT2D eigenvalue weighted by Crippen LogP contribution is -2.34. The summed E-state index contributed by atoms with van der Waals surface area (Å²) in [6.45, 7) is 3.80. The molecule has 0 aliphatic heterocycles. The summed E-state index contributed by atoms with van der Waals surface area (Å²) in [7, 11) is 2.04. The van der Waals surface area contributed by atoms with Crippen LogP contribution in [-0.2, 0) is 0 Å². The lowest BCUT2D eigenvalue weighted by atomic mass is 10.3. The Kier molecular flexibility index (Phi) is 2.66. The summed E-state index contributed by atoms with van der Waals surface area (Å²) in [5.74, 6) is 1.06. The number of hydrogen-bond acceptors (Lipinski definition) is 2. The fraction of sp³-hybridized carbons (Fsp3) is 1.00. The Balaban J connectivity index is 1.68. The summed E-state index contributed by atoms with van der Waals surface area (Å²) < 4.78 is 0. The van der Waals surface area contributed by atoms with Crippen molar-refractivity contribution in [3.8, 4) is 0 Å². The first-order valence-corrected chi connectivity index (χ1v) is 5.29. The number of likely N-dealkylation sites (N-methyl/N-ethyl adjacent to an activating group) is 1. The van der Waals surface area contributed by atoms with Gasteiger partial charge in [-0.15, -0.1) is 0 Å². The second-order valence-corrected chi connectivity index (χ2v) is 4.27. The van der Waals surface area contributed by atoms with Crippen LogP contribution < -0.4 is 5.32 Å². The van der Waals surface area contributed by atoms with Gasteiger partial charge in [-0.1, -0.05) is 0 Å². The van der Waals surface area contributed by atoms with Crippen LogP contribution >= 0.6 is 0 Å². The minimum atomic E-state index is 0.957. The third-order valence-corrected chi connectivity index (χ3v) is 2.90. The van der Waals surface area contributed by atoms with Crippen molar-refractivity contribution in [1.82, 2.24) is 10.2 Å². The first kappa shape index (κ1) is 8.52. The number of hydrogen-bond donors (Lipinski definition) is 1. The van der Waals surface area contributed by atoms with E-state index in [1.54, 1.807) is 0 Å². The highest BCUT2D eigenvalue weighted by Gasteiger charge is 2.32. The molecule has 2 rings (SSSR count). The van der Waals surface area contributed by atoms with Crippen molar-refractivity contribution in [2.24, 2.45) is 5.92 Å². The number of rotatable bonds is 6. The molecule has 1 N–H and O–H groups in total. The Morgan fingerprint density at radius 3 is 2.50 bits per heavy atom. The van der Waals surface area contributed by atoms with Crippen LogP contribution in [0.1, 0.15) is 25.7 Å². The van der Waals surface area contributed by atoms with Gasteiger partial charge in [0.05, 0.1) is 0 Å². The Morgan fingerprint density at radius 2 is 2.00 bits per heavy atom. The monoisotopic (exact) mass is 168 g/mol. The van der Waals surface area contributed by atoms with Crippen LogP contribution in [0.3, 0.4) is 0 Å². The smallest absolute Gasteiger partial charge is 0.0110 e. The first-order chi connectivity index (χ1) is 5.90. The molecular weight excluding hydrogens is 148 g/mol. The van der Waals surface area contributed by atoms with Crippen molar-refractivity contribution in [3.05, 3.63) is 0 Å². The van der Waals surface area contributed by atoms with Gasteiger partial charge in [0, 0.05) is 25.7 Å². The molecule has 2 saturated carbocycles. The summed E-state index contributed by atoms with van der Waals surface area (Å²) in [5.41, 5.74) is 0. The van der Waals surface area contributed by atoms with Gasteiger partial charge in [0.2, 0.25) is 0 Å². The zero-order chi connectivity index (χ0) is 8.39. The van der Waals surface area contributed by atoms with Gasteiger partial charge in [-0.2, -0.15) is 0 Å². The molecule has 70 valence electrons. The van der Waals surface area contributed by atoms with E-state index in [0.717, 1.165) is 18.5 Å². The van der Waals surface area contributed by atoms with Crippen LogP contribution in [0.5, 0.6) is 0 Å². The highest BCUT2D eigenvalue weighted by atomic mass is 15.2. The van der Waals surface area contributed by atoms with Crippen LogP contribution in [0, 0.1) is 5.92 Å². The maximum Gasteiger partial charge on any atom is 0.0110 e. The first-order valence-electron chi connectivity index (χ1n) is 5.29. The van der Waals surface area contributed by atoms with E-state index in [1.165, 1.54) is 38.8 Å². The predicted octanol–water partition coefficient (Wildman–Crippen LogP) is 1.08. The summed E-state index contributed by atoms with van der Waals surface area (Å²) >= 11 is 0. The average Bonchev–Trinajstić information content (AvgIpc) is 2.85. The minimum Gasteiger partial charge on any atom is -0.318 e. The van der Waals surface area contributed by atoms with E-state index in [-0.39, 0.29) is 0 Å². The topological polar surface area (TPSA) is 15.3 Å². The minimum absolute atomic E-state index is 0.957. The van der Waals surface area contributed by atoms with Crippen molar-refractivity contribution in [1.29, 1.82) is 0 Å². The Hall–Kier alpha value is -0.0800. The molecule has 0 aromatic carbocycles. The van der Waals surface area contributed by atoms with Gasteiger partial charge in [0.15, 0.2) is 0 Å². The average molecular weight is 168 g/mol. The van der Waals surface area contributed by atoms with Crippen molar-refractivity contribution < 1.29 is 0 Å². The SMILES string of the molecule is CNCCN(CC1CC1)C1CC1. The summed E-state index contributed by atoms with van der Waals surface area (Å²) in [6.07, 6.45) is 5.89. The number of nitrogens with one attached hydrogen (secondary N) is 1. The molecule has 2 fully saturated rings. The van der Waals surface area contributed by atoms with Crippen LogP contribution in [0.15, 0.2) is 0 Å². The van der Waals surface area contributed by atoms with Gasteiger partial charge < -0.3 is 5.32 Å². The summed E-state index contributed by atoms with van der Waals surface area (Å²) in [6, 6.07) is 0.957. The molecule has 2 nitrogen and oxygen atoms in total. The predicted molar refractivity (Wildman–Crippen MR) is 51.2 cm³/mol. The Bertz CT molecular complexity index is 139. The van der Waals surface area contributed by atoms with Gasteiger partial charge in [-0.3, -0.25) is 4.90 Å². The molecule has 0 atom stereocenters. The molecule has 0 aromatic rings. The van der Waals surface area contributed by atoms with Gasteiger partial charge >= 0.3 is 0 Å². The largest absolute Gasteiger partial charge is 0.318 e. The maximum atomic E-state index is 3.23. The number of nitrogens with zero attached hydrogens (tertiary/aromatic N) is 1. The van der Waals surface area contributed by atoms with Crippen molar-refractivity contribution in [2.75, 3.05) is 26.7 Å². The quantitative estimate of drug-likeness (QED) is 0.638. The third-order valence-electron chi connectivity index (χ3n) is 2.90. The van der Waals surface area contributed by atoms with Crippen molar-refractivity contribution >= 4 is 0 Å². The highest BCUT2D eigenvalue weighted by Crippen LogP contribution is 2.34. The van der Waals surface area contributed by atoms with E-state index >= 15 is 0 Å². The second-order valence-electron chi connectivity index (χ2n) is 4.27. The van der Waals surface area contributed by atoms with Gasteiger partial charge in [-0.05, 0) is 38.6 Å². The standard InChI is InChI=1S/C10H20N2/c1-11-6-7-12(10-4-5-10)8-9-2-3-9/h9-11H,2-8H2,1H3. The fourth-order valence-corrected chi connectivity index (χ4v) is 1.75. The van der Waals surface area contributed by atoms with Crippen molar-refractivity contribution in [3.63, 3.8) is 0 Å². The van der Waals surface area contributed by atoms with E-state index in [9.17, 15) is 0 Å². The van der Waals surface area contributed by atoms with Crippen LogP contribution in [-0.4, -0.2) is 37.6 Å². The Morgan fingerprint density at radius 1 is 1.25 bits per heavy atom. The molecule has 0 aromatic heterocycles. The highest BCUT2D eigenvalue weighted by molar-refractivity contribution is 4.88. The third kappa shape index (κ3) is 2.46. The molecule has 12 heavy (non-hydrogen) atoms. The fourth-order valence-electron chi connectivity index (χ4n) is 1.75.